The molecule has 1 aliphatic heterocycles. The van der Waals surface area contributed by atoms with Crippen LogP contribution in [0.5, 0.6) is 0 Å². The average molecular weight is 765 g/mol. The van der Waals surface area contributed by atoms with Gasteiger partial charge < -0.3 is 23.3 Å². The zero-order valence-electron chi connectivity index (χ0n) is 31.0. The van der Waals surface area contributed by atoms with E-state index in [9.17, 15) is 23.7 Å². The van der Waals surface area contributed by atoms with Gasteiger partial charge in [-0.05, 0) is 82.2 Å². The Morgan fingerprint density at radius 3 is 2.08 bits per heavy atom. The number of carbonyl (C=O) groups is 2. The molecule has 0 amide bonds. The van der Waals surface area contributed by atoms with E-state index in [1.54, 1.807) is 41.5 Å². The number of esters is 2. The molecule has 0 aliphatic carbocycles. The third-order valence-electron chi connectivity index (χ3n) is 7.12. The van der Waals surface area contributed by atoms with Crippen LogP contribution in [-0.2, 0) is 46.5 Å². The fourth-order valence-corrected chi connectivity index (χ4v) is 7.37. The number of hydrogen-bond donors (Lipinski definition) is 1. The standard InChI is InChI=1S/C32H51FN4O12P2/c1-21(2)37(22(3)4)50(45-17-12-15-34)49-25-23(48-26(32(25,11)33)36-16-13-24(38)35-29(36)41)14-18-51(42,46-19-43-27(39)30(5,6)7)47-20-44-28(40)31(8,9)10/h13-14,16,18,21-23,25-26H,12,17,19-20H2,1-11H3,(H,35,38,41)/b18-14+/t23-,25?,26-,32?,50?/m1/s1. The summed E-state index contributed by atoms with van der Waals surface area (Å²) in [5.74, 6) is -0.423. The van der Waals surface area contributed by atoms with Gasteiger partial charge in [-0.1, -0.05) is 0 Å². The van der Waals surface area contributed by atoms with Gasteiger partial charge >= 0.3 is 25.2 Å². The first-order chi connectivity index (χ1) is 23.4. The molecule has 2 rings (SSSR count). The summed E-state index contributed by atoms with van der Waals surface area (Å²) in [4.78, 5) is 51.3. The quantitative estimate of drug-likeness (QED) is 0.0883. The van der Waals surface area contributed by atoms with Crippen molar-refractivity contribution >= 4 is 28.1 Å². The van der Waals surface area contributed by atoms with Crippen LogP contribution in [0.15, 0.2) is 33.7 Å². The van der Waals surface area contributed by atoms with E-state index in [1.807, 2.05) is 38.4 Å². The van der Waals surface area contributed by atoms with Gasteiger partial charge in [-0.15, -0.1) is 0 Å². The van der Waals surface area contributed by atoms with Crippen LogP contribution in [-0.4, -0.2) is 76.3 Å². The van der Waals surface area contributed by atoms with Gasteiger partial charge in [0.2, 0.25) is 13.6 Å². The Hall–Kier alpha value is -2.80. The van der Waals surface area contributed by atoms with E-state index in [1.165, 1.54) is 0 Å². The lowest BCUT2D eigenvalue weighted by Gasteiger charge is -2.38. The van der Waals surface area contributed by atoms with E-state index in [0.717, 1.165) is 35.6 Å². The molecule has 51 heavy (non-hydrogen) atoms. The summed E-state index contributed by atoms with van der Waals surface area (Å²) in [5, 5.41) is 9.13. The van der Waals surface area contributed by atoms with Crippen LogP contribution in [0.25, 0.3) is 0 Å². The smallest absolute Gasteiger partial charge is 0.359 e. The van der Waals surface area contributed by atoms with Crippen LogP contribution in [0.3, 0.4) is 0 Å². The molecular formula is C32H51FN4O12P2. The minimum absolute atomic E-state index is 0.0243. The fraction of sp³-hybridized carbons (Fsp3) is 0.719. The van der Waals surface area contributed by atoms with Crippen molar-refractivity contribution in [1.82, 2.24) is 14.2 Å². The van der Waals surface area contributed by atoms with E-state index in [2.05, 4.69) is 4.98 Å². The summed E-state index contributed by atoms with van der Waals surface area (Å²) < 4.78 is 73.1. The van der Waals surface area contributed by atoms with Crippen LogP contribution in [0.1, 0.15) is 88.8 Å². The van der Waals surface area contributed by atoms with Crippen LogP contribution in [0.2, 0.25) is 0 Å². The Bertz CT molecular complexity index is 1530. The first-order valence-electron chi connectivity index (χ1n) is 16.3. The number of halogens is 1. The predicted molar refractivity (Wildman–Crippen MR) is 185 cm³/mol. The van der Waals surface area contributed by atoms with E-state index in [-0.39, 0.29) is 25.1 Å². The maximum absolute atomic E-state index is 17.1. The number of nitrogens with zero attached hydrogens (tertiary/aromatic N) is 3. The molecule has 19 heteroatoms. The third-order valence-corrected chi connectivity index (χ3v) is 10.7. The number of aromatic nitrogens is 2. The van der Waals surface area contributed by atoms with Crippen molar-refractivity contribution in [2.75, 3.05) is 20.2 Å². The number of carbonyl (C=O) groups excluding carboxylic acids is 2. The molecule has 288 valence electrons. The summed E-state index contributed by atoms with van der Waals surface area (Å²) in [5.41, 5.74) is -6.01. The number of aromatic amines is 1. The molecule has 2 heterocycles. The number of alkyl halides is 1. The van der Waals surface area contributed by atoms with Crippen molar-refractivity contribution in [3.05, 3.63) is 45.0 Å². The highest BCUT2D eigenvalue weighted by molar-refractivity contribution is 7.57. The average Bonchev–Trinajstić information content (AvgIpc) is 3.23. The lowest BCUT2D eigenvalue weighted by molar-refractivity contribution is -0.161. The minimum atomic E-state index is -4.45. The second-order valence-electron chi connectivity index (χ2n) is 14.4. The summed E-state index contributed by atoms with van der Waals surface area (Å²) in [6.45, 7) is 16.6. The van der Waals surface area contributed by atoms with Gasteiger partial charge in [-0.3, -0.25) is 37.5 Å². The number of rotatable bonds is 17. The highest BCUT2D eigenvalue weighted by Crippen LogP contribution is 2.55. The van der Waals surface area contributed by atoms with Crippen LogP contribution in [0.4, 0.5) is 4.39 Å². The normalized spacial score (nSPS) is 22.1. The first-order valence-corrected chi connectivity index (χ1v) is 19.0. The number of hydrogen-bond acceptors (Lipinski definition) is 14. The molecule has 5 atom stereocenters. The van der Waals surface area contributed by atoms with Crippen LogP contribution >= 0.6 is 16.1 Å². The lowest BCUT2D eigenvalue weighted by atomic mass is 9.98. The molecule has 0 spiro atoms. The summed E-state index contributed by atoms with van der Waals surface area (Å²) in [7, 11) is -6.52. The van der Waals surface area contributed by atoms with E-state index < -0.39 is 87.8 Å². The lowest BCUT2D eigenvalue weighted by Crippen LogP contribution is -2.45. The van der Waals surface area contributed by atoms with Crippen LogP contribution < -0.4 is 11.2 Å². The van der Waals surface area contributed by atoms with Gasteiger partial charge in [0.1, 0.15) is 12.2 Å². The van der Waals surface area contributed by atoms with E-state index >= 15 is 4.39 Å². The highest BCUT2D eigenvalue weighted by atomic mass is 31.2. The Morgan fingerprint density at radius 2 is 1.63 bits per heavy atom. The molecule has 0 saturated carbocycles. The zero-order valence-corrected chi connectivity index (χ0v) is 32.8. The maximum atomic E-state index is 17.1. The first kappa shape index (κ1) is 44.4. The van der Waals surface area contributed by atoms with E-state index in [0.29, 0.717) is 0 Å². The van der Waals surface area contributed by atoms with Gasteiger partial charge in [-0.25, -0.2) is 13.9 Å². The minimum Gasteiger partial charge on any atom is -0.438 e. The summed E-state index contributed by atoms with van der Waals surface area (Å²) in [6, 6.07) is 2.69. The summed E-state index contributed by atoms with van der Waals surface area (Å²) >= 11 is 0. The number of ether oxygens (including phenoxy) is 3. The molecule has 3 unspecified atom stereocenters. The SMILES string of the molecule is CC(C)N(C(C)C)P(OCCC#N)OC1[C@@H](/C=C/P(=O)(OCOC(=O)C(C)(C)C)OCOC(=O)C(C)(C)C)O[C@@H](n2ccc(=O)[nH]c2=O)C1(C)F. The van der Waals surface area contributed by atoms with Gasteiger partial charge in [-0.2, -0.15) is 5.26 Å². The van der Waals surface area contributed by atoms with E-state index in [4.69, 9.17) is 37.6 Å². The monoisotopic (exact) mass is 764 g/mol. The van der Waals surface area contributed by atoms with Crippen molar-refractivity contribution < 1.29 is 50.9 Å². The third kappa shape index (κ3) is 12.7. The fourth-order valence-electron chi connectivity index (χ4n) is 4.52. The second kappa shape index (κ2) is 18.3. The van der Waals surface area contributed by atoms with Crippen LogP contribution in [0, 0.1) is 22.2 Å². The van der Waals surface area contributed by atoms with Crippen molar-refractivity contribution in [2.45, 2.75) is 119 Å². The van der Waals surface area contributed by atoms with Crippen molar-refractivity contribution in [3.63, 3.8) is 0 Å². The molecule has 16 nitrogen and oxygen atoms in total. The molecule has 0 aromatic carbocycles. The van der Waals surface area contributed by atoms with Crippen molar-refractivity contribution in [3.8, 4) is 6.07 Å². The molecule has 0 radical (unpaired) electrons. The summed E-state index contributed by atoms with van der Waals surface area (Å²) in [6.07, 6.45) is -2.42. The topological polar surface area (TPSA) is 198 Å². The Labute approximate surface area is 299 Å². The molecule has 1 saturated heterocycles. The van der Waals surface area contributed by atoms with Crippen molar-refractivity contribution in [1.29, 1.82) is 5.26 Å². The molecule has 1 aliphatic rings. The molecular weight excluding hydrogens is 713 g/mol. The maximum Gasteiger partial charge on any atom is 0.359 e. The van der Waals surface area contributed by atoms with Gasteiger partial charge in [0.25, 0.3) is 14.1 Å². The predicted octanol–water partition coefficient (Wildman–Crippen LogP) is 5.66. The Balaban J connectivity index is 2.60. The van der Waals surface area contributed by atoms with Gasteiger partial charge in [0.05, 0.1) is 29.9 Å². The highest BCUT2D eigenvalue weighted by Gasteiger charge is 2.57. The molecule has 0 bridgehead atoms. The molecule has 1 fully saturated rings. The second-order valence-corrected chi connectivity index (χ2v) is 17.7. The van der Waals surface area contributed by atoms with Crippen molar-refractivity contribution in [2.24, 2.45) is 10.8 Å². The molecule has 1 N–H and O–H groups in total. The number of nitrogens with one attached hydrogen (secondary N) is 1. The zero-order chi connectivity index (χ0) is 38.9. The van der Waals surface area contributed by atoms with Gasteiger partial charge in [0, 0.05) is 30.2 Å². The largest absolute Gasteiger partial charge is 0.438 e. The molecule has 1 aromatic heterocycles. The number of H-pyrrole nitrogens is 1. The molecule has 1 aromatic rings. The Morgan fingerprint density at radius 1 is 1.10 bits per heavy atom. The van der Waals surface area contributed by atoms with Gasteiger partial charge in [0.15, 0.2) is 11.9 Å². The Kier molecular flexibility index (Phi) is 15.9. The number of nitriles is 1.